The SMILES string of the molecule is Cc1cccc(C(N)c2c(F)cccc2F)n1. The van der Waals surface area contributed by atoms with Crippen molar-refractivity contribution in [2.24, 2.45) is 5.73 Å². The van der Waals surface area contributed by atoms with E-state index in [2.05, 4.69) is 4.98 Å². The molecule has 0 radical (unpaired) electrons. The summed E-state index contributed by atoms with van der Waals surface area (Å²) in [6, 6.07) is 8.01. The largest absolute Gasteiger partial charge is 0.319 e. The summed E-state index contributed by atoms with van der Waals surface area (Å²) in [6.45, 7) is 1.80. The van der Waals surface area contributed by atoms with Gasteiger partial charge in [0.2, 0.25) is 0 Å². The Balaban J connectivity index is 2.47. The smallest absolute Gasteiger partial charge is 0.131 e. The number of aryl methyl sites for hydroxylation is 1. The van der Waals surface area contributed by atoms with Gasteiger partial charge in [-0.2, -0.15) is 0 Å². The normalized spacial score (nSPS) is 12.5. The van der Waals surface area contributed by atoms with E-state index in [0.29, 0.717) is 5.69 Å². The highest BCUT2D eigenvalue weighted by molar-refractivity contribution is 5.30. The Kier molecular flexibility index (Phi) is 3.15. The summed E-state index contributed by atoms with van der Waals surface area (Å²) >= 11 is 0. The summed E-state index contributed by atoms with van der Waals surface area (Å²) in [5.74, 6) is -1.30. The first-order valence-corrected chi connectivity index (χ1v) is 5.22. The quantitative estimate of drug-likeness (QED) is 0.867. The van der Waals surface area contributed by atoms with Crippen molar-refractivity contribution in [3.63, 3.8) is 0 Å². The van der Waals surface area contributed by atoms with E-state index in [-0.39, 0.29) is 5.56 Å². The molecule has 2 aromatic rings. The highest BCUT2D eigenvalue weighted by atomic mass is 19.1. The Morgan fingerprint density at radius 1 is 1.06 bits per heavy atom. The Labute approximate surface area is 98.1 Å². The molecule has 0 aliphatic heterocycles. The van der Waals surface area contributed by atoms with Gasteiger partial charge in [0.25, 0.3) is 0 Å². The van der Waals surface area contributed by atoms with Crippen LogP contribution in [0.25, 0.3) is 0 Å². The molecule has 0 saturated carbocycles. The van der Waals surface area contributed by atoms with E-state index >= 15 is 0 Å². The van der Waals surface area contributed by atoms with Gasteiger partial charge in [-0.1, -0.05) is 12.1 Å². The topological polar surface area (TPSA) is 38.9 Å². The van der Waals surface area contributed by atoms with Gasteiger partial charge in [-0.15, -0.1) is 0 Å². The van der Waals surface area contributed by atoms with E-state index in [9.17, 15) is 8.78 Å². The molecule has 0 amide bonds. The third-order valence-electron chi connectivity index (χ3n) is 2.54. The zero-order chi connectivity index (χ0) is 12.4. The number of benzene rings is 1. The summed E-state index contributed by atoms with van der Waals surface area (Å²) in [5.41, 5.74) is 6.91. The van der Waals surface area contributed by atoms with Gasteiger partial charge in [0.1, 0.15) is 11.6 Å². The number of hydrogen-bond donors (Lipinski definition) is 1. The van der Waals surface area contributed by atoms with Crippen LogP contribution < -0.4 is 5.73 Å². The van der Waals surface area contributed by atoms with Gasteiger partial charge in [-0.3, -0.25) is 4.98 Å². The molecule has 0 fully saturated rings. The summed E-state index contributed by atoms with van der Waals surface area (Å²) < 4.78 is 27.1. The molecule has 2 nitrogen and oxygen atoms in total. The monoisotopic (exact) mass is 234 g/mol. The van der Waals surface area contributed by atoms with E-state index in [1.165, 1.54) is 18.2 Å². The molecule has 88 valence electrons. The van der Waals surface area contributed by atoms with Crippen molar-refractivity contribution in [2.45, 2.75) is 13.0 Å². The minimum atomic E-state index is -0.893. The van der Waals surface area contributed by atoms with Crippen LogP contribution in [0.5, 0.6) is 0 Å². The van der Waals surface area contributed by atoms with Crippen LogP contribution in [0, 0.1) is 18.6 Å². The third-order valence-corrected chi connectivity index (χ3v) is 2.54. The lowest BCUT2D eigenvalue weighted by Gasteiger charge is -2.13. The molecule has 1 heterocycles. The van der Waals surface area contributed by atoms with Gasteiger partial charge >= 0.3 is 0 Å². The standard InChI is InChI=1S/C13H12F2N2/c1-8-4-2-7-11(17-8)13(16)12-9(14)5-3-6-10(12)15/h2-7,13H,16H2,1H3. The van der Waals surface area contributed by atoms with Crippen molar-refractivity contribution >= 4 is 0 Å². The van der Waals surface area contributed by atoms with E-state index < -0.39 is 17.7 Å². The molecule has 0 aliphatic carbocycles. The maximum atomic E-state index is 13.5. The number of nitrogens with zero attached hydrogens (tertiary/aromatic N) is 1. The maximum absolute atomic E-state index is 13.5. The molecule has 4 heteroatoms. The van der Waals surface area contributed by atoms with Gasteiger partial charge < -0.3 is 5.73 Å². The van der Waals surface area contributed by atoms with Crippen LogP contribution in [0.15, 0.2) is 36.4 Å². The van der Waals surface area contributed by atoms with Gasteiger partial charge in [0.15, 0.2) is 0 Å². The average molecular weight is 234 g/mol. The molecule has 2 rings (SSSR count). The summed E-state index contributed by atoms with van der Waals surface area (Å²) in [6.07, 6.45) is 0. The number of halogens is 2. The molecule has 0 saturated heterocycles. The van der Waals surface area contributed by atoms with Crippen molar-refractivity contribution in [3.05, 3.63) is 65.0 Å². The van der Waals surface area contributed by atoms with E-state index in [4.69, 9.17) is 5.73 Å². The molecule has 0 bridgehead atoms. The zero-order valence-corrected chi connectivity index (χ0v) is 9.32. The Morgan fingerprint density at radius 2 is 1.65 bits per heavy atom. The number of pyridine rings is 1. The molecule has 2 N–H and O–H groups in total. The van der Waals surface area contributed by atoms with Crippen LogP contribution in [-0.4, -0.2) is 4.98 Å². The van der Waals surface area contributed by atoms with Crippen LogP contribution in [0.1, 0.15) is 23.0 Å². The van der Waals surface area contributed by atoms with Crippen LogP contribution in [0.3, 0.4) is 0 Å². The first-order chi connectivity index (χ1) is 8.09. The van der Waals surface area contributed by atoms with Crippen LogP contribution >= 0.6 is 0 Å². The molecule has 1 aromatic heterocycles. The molecular weight excluding hydrogens is 222 g/mol. The third kappa shape index (κ3) is 2.31. The van der Waals surface area contributed by atoms with Crippen LogP contribution in [0.4, 0.5) is 8.78 Å². The first kappa shape index (κ1) is 11.7. The number of aromatic nitrogens is 1. The van der Waals surface area contributed by atoms with Crippen molar-refractivity contribution in [1.29, 1.82) is 0 Å². The van der Waals surface area contributed by atoms with Crippen molar-refractivity contribution in [3.8, 4) is 0 Å². The highest BCUT2D eigenvalue weighted by Gasteiger charge is 2.19. The van der Waals surface area contributed by atoms with E-state index in [1.807, 2.05) is 0 Å². The van der Waals surface area contributed by atoms with Crippen molar-refractivity contribution < 1.29 is 8.78 Å². The van der Waals surface area contributed by atoms with Gasteiger partial charge in [0.05, 0.1) is 11.7 Å². The van der Waals surface area contributed by atoms with Crippen molar-refractivity contribution in [1.82, 2.24) is 4.98 Å². The second kappa shape index (κ2) is 4.59. The first-order valence-electron chi connectivity index (χ1n) is 5.22. The van der Waals surface area contributed by atoms with Crippen molar-refractivity contribution in [2.75, 3.05) is 0 Å². The fraction of sp³-hybridized carbons (Fsp3) is 0.154. The lowest BCUT2D eigenvalue weighted by molar-refractivity contribution is 0.540. The molecule has 0 aliphatic rings. The number of hydrogen-bond acceptors (Lipinski definition) is 2. The Morgan fingerprint density at radius 3 is 2.24 bits per heavy atom. The second-order valence-corrected chi connectivity index (χ2v) is 3.82. The minimum absolute atomic E-state index is 0.148. The zero-order valence-electron chi connectivity index (χ0n) is 9.32. The molecule has 1 unspecified atom stereocenters. The van der Waals surface area contributed by atoms with Crippen LogP contribution in [-0.2, 0) is 0 Å². The average Bonchev–Trinajstić information content (AvgIpc) is 2.28. The molecule has 17 heavy (non-hydrogen) atoms. The van der Waals surface area contributed by atoms with Gasteiger partial charge in [-0.25, -0.2) is 8.78 Å². The molecule has 1 atom stereocenters. The number of nitrogens with two attached hydrogens (primary N) is 1. The van der Waals surface area contributed by atoms with Crippen LogP contribution in [0.2, 0.25) is 0 Å². The van der Waals surface area contributed by atoms with E-state index in [0.717, 1.165) is 5.69 Å². The van der Waals surface area contributed by atoms with E-state index in [1.54, 1.807) is 25.1 Å². The molecular formula is C13H12F2N2. The molecule has 0 spiro atoms. The lowest BCUT2D eigenvalue weighted by Crippen LogP contribution is -2.17. The fourth-order valence-corrected chi connectivity index (χ4v) is 1.69. The predicted octanol–water partition coefficient (Wildman–Crippen LogP) is 2.72. The maximum Gasteiger partial charge on any atom is 0.131 e. The van der Waals surface area contributed by atoms with Gasteiger partial charge in [-0.05, 0) is 31.2 Å². The Bertz CT molecular complexity index is 520. The predicted molar refractivity (Wildman–Crippen MR) is 61.4 cm³/mol. The lowest BCUT2D eigenvalue weighted by atomic mass is 10.0. The summed E-state index contributed by atoms with van der Waals surface area (Å²) in [4.78, 5) is 4.17. The minimum Gasteiger partial charge on any atom is -0.319 e. The molecule has 1 aromatic carbocycles. The summed E-state index contributed by atoms with van der Waals surface area (Å²) in [5, 5.41) is 0. The number of rotatable bonds is 2. The Hall–Kier alpha value is -1.81. The second-order valence-electron chi connectivity index (χ2n) is 3.82. The summed E-state index contributed by atoms with van der Waals surface area (Å²) in [7, 11) is 0. The van der Waals surface area contributed by atoms with Gasteiger partial charge in [0, 0.05) is 11.3 Å². The highest BCUT2D eigenvalue weighted by Crippen LogP contribution is 2.23. The fourth-order valence-electron chi connectivity index (χ4n) is 1.69.